The Balaban J connectivity index is 1.45. The number of hydrogen-bond donors (Lipinski definition) is 3. The molecule has 0 aliphatic carbocycles. The summed E-state index contributed by atoms with van der Waals surface area (Å²) in [5.41, 5.74) is 0.0645. The monoisotopic (exact) mass is 686 g/mol. The van der Waals surface area contributed by atoms with Crippen molar-refractivity contribution in [1.82, 2.24) is 20.4 Å². The number of alkyl halides is 3. The van der Waals surface area contributed by atoms with Crippen LogP contribution in [0.1, 0.15) is 49.5 Å². The average molecular weight is 687 g/mol. The molecular weight excluding hydrogens is 647 g/mol. The summed E-state index contributed by atoms with van der Waals surface area (Å²) in [7, 11) is 0. The van der Waals surface area contributed by atoms with E-state index in [1.807, 2.05) is 23.6 Å². The van der Waals surface area contributed by atoms with E-state index in [9.17, 15) is 27.6 Å². The molecule has 0 bridgehead atoms. The van der Waals surface area contributed by atoms with Crippen molar-refractivity contribution in [3.8, 4) is 0 Å². The molecule has 2 heterocycles. The third-order valence-electron chi connectivity index (χ3n) is 8.38. The van der Waals surface area contributed by atoms with E-state index in [1.54, 1.807) is 6.07 Å². The molecule has 258 valence electrons. The van der Waals surface area contributed by atoms with Gasteiger partial charge in [0.25, 0.3) is 5.91 Å². The lowest BCUT2D eigenvalue weighted by molar-refractivity contribution is -0.139. The highest BCUT2D eigenvalue weighted by molar-refractivity contribution is 6.31. The van der Waals surface area contributed by atoms with E-state index in [1.165, 1.54) is 30.0 Å². The second kappa shape index (κ2) is 15.6. The molecule has 3 amide bonds. The Bertz CT molecular complexity index is 1460. The largest absolute Gasteiger partial charge is 0.390 e. The van der Waals surface area contributed by atoms with Crippen LogP contribution in [-0.2, 0) is 16.1 Å². The van der Waals surface area contributed by atoms with Crippen LogP contribution in [0.5, 0.6) is 0 Å². The second-order valence-corrected chi connectivity index (χ2v) is 12.8. The third kappa shape index (κ3) is 9.77. The van der Waals surface area contributed by atoms with Gasteiger partial charge >= 0.3 is 6.18 Å². The summed E-state index contributed by atoms with van der Waals surface area (Å²) in [5.74, 6) is -4.03. The molecule has 3 N–H and O–H groups in total. The van der Waals surface area contributed by atoms with Crippen LogP contribution in [0.4, 0.5) is 33.3 Å². The maximum absolute atomic E-state index is 15.2. The van der Waals surface area contributed by atoms with Gasteiger partial charge in [0.2, 0.25) is 11.8 Å². The molecule has 0 aromatic heterocycles. The Kier molecular flexibility index (Phi) is 12.1. The summed E-state index contributed by atoms with van der Waals surface area (Å²) < 4.78 is 69.2. The number of hydrogen-bond acceptors (Lipinski definition) is 6. The van der Waals surface area contributed by atoms with Crippen LogP contribution < -0.4 is 20.9 Å². The lowest BCUT2D eigenvalue weighted by Gasteiger charge is -2.43. The molecule has 2 aliphatic rings. The summed E-state index contributed by atoms with van der Waals surface area (Å²) in [5, 5.41) is 8.53. The molecule has 0 saturated carbocycles. The fourth-order valence-electron chi connectivity index (χ4n) is 5.92. The fourth-order valence-corrected chi connectivity index (χ4v) is 6.09. The molecule has 0 radical (unpaired) electrons. The van der Waals surface area contributed by atoms with Gasteiger partial charge < -0.3 is 25.8 Å². The lowest BCUT2D eigenvalue weighted by Crippen LogP contribution is -2.57. The van der Waals surface area contributed by atoms with Gasteiger partial charge in [0.05, 0.1) is 23.4 Å². The predicted molar refractivity (Wildman–Crippen MR) is 169 cm³/mol. The number of rotatable bonds is 10. The Labute approximate surface area is 275 Å². The van der Waals surface area contributed by atoms with E-state index in [4.69, 9.17) is 11.6 Å². The average Bonchev–Trinajstić information content (AvgIpc) is 3.01. The molecule has 2 atom stereocenters. The highest BCUT2D eigenvalue weighted by Crippen LogP contribution is 2.33. The van der Waals surface area contributed by atoms with Gasteiger partial charge in [-0.25, -0.2) is 8.78 Å². The van der Waals surface area contributed by atoms with Crippen LogP contribution in [0.2, 0.25) is 5.02 Å². The van der Waals surface area contributed by atoms with E-state index < -0.39 is 47.7 Å². The smallest absolute Gasteiger partial charge is 0.367 e. The quantitative estimate of drug-likeness (QED) is 0.311. The van der Waals surface area contributed by atoms with Crippen molar-refractivity contribution in [3.05, 3.63) is 58.1 Å². The highest BCUT2D eigenvalue weighted by atomic mass is 35.5. The Morgan fingerprint density at radius 1 is 1.04 bits per heavy atom. The summed E-state index contributed by atoms with van der Waals surface area (Å²) >= 11 is 6.29. The number of benzene rings is 2. The number of carbonyl (C=O) groups excluding carboxylic acids is 3. The minimum absolute atomic E-state index is 0.117. The van der Waals surface area contributed by atoms with E-state index >= 15 is 8.78 Å². The first-order chi connectivity index (χ1) is 22.1. The minimum Gasteiger partial charge on any atom is -0.367 e. The molecule has 4 rings (SSSR count). The molecule has 0 unspecified atom stereocenters. The van der Waals surface area contributed by atoms with Gasteiger partial charge in [0.1, 0.15) is 6.04 Å². The van der Waals surface area contributed by atoms with E-state index in [2.05, 4.69) is 16.0 Å². The summed E-state index contributed by atoms with van der Waals surface area (Å²) in [4.78, 5) is 42.8. The van der Waals surface area contributed by atoms with Crippen LogP contribution in [-0.4, -0.2) is 91.6 Å². The van der Waals surface area contributed by atoms with Gasteiger partial charge in [-0.3, -0.25) is 19.3 Å². The topological polar surface area (TPSA) is 97.0 Å². The van der Waals surface area contributed by atoms with Gasteiger partial charge in [-0.2, -0.15) is 13.2 Å². The van der Waals surface area contributed by atoms with Crippen molar-refractivity contribution in [3.63, 3.8) is 0 Å². The number of carbonyl (C=O) groups is 3. The zero-order chi connectivity index (χ0) is 34.5. The van der Waals surface area contributed by atoms with Gasteiger partial charge in [0.15, 0.2) is 11.6 Å². The zero-order valence-corrected chi connectivity index (χ0v) is 27.3. The Hall–Kier alpha value is -3.49. The summed E-state index contributed by atoms with van der Waals surface area (Å²) in [6.07, 6.45) is -4.52. The first-order valence-corrected chi connectivity index (χ1v) is 15.9. The number of nitrogens with one attached hydrogen (secondary N) is 3. The van der Waals surface area contributed by atoms with Crippen molar-refractivity contribution in [2.24, 2.45) is 5.92 Å². The van der Waals surface area contributed by atoms with Crippen LogP contribution in [0.25, 0.3) is 0 Å². The van der Waals surface area contributed by atoms with Gasteiger partial charge in [-0.1, -0.05) is 31.5 Å². The number of halogens is 6. The molecule has 2 aromatic carbocycles. The first kappa shape index (κ1) is 36.3. The third-order valence-corrected chi connectivity index (χ3v) is 8.61. The van der Waals surface area contributed by atoms with Crippen LogP contribution >= 0.6 is 11.6 Å². The van der Waals surface area contributed by atoms with Crippen molar-refractivity contribution in [2.75, 3.05) is 56.0 Å². The second-order valence-electron chi connectivity index (χ2n) is 12.3. The molecule has 2 aromatic rings. The standard InChI is InChI=1S/C32H40ClF5N6O3/c1-19(2)14-23-17-44(13-12-42(23)10-8-32(36,37)38)27-15-22(33)5-7-25(27)41-30(46)24-6-4-21(28(34)29(24)35)16-40-31(47)26-18-43(20(3)45)11-9-39-26/h4-7,15,19,23,26,39H,8-14,16-18H2,1-3H3,(H,40,47)(H,41,46)/t23-,26+/m0/s1. The lowest BCUT2D eigenvalue weighted by atomic mass is 9.99. The summed E-state index contributed by atoms with van der Waals surface area (Å²) in [6, 6.07) is 6.13. The molecule has 2 aliphatic heterocycles. The van der Waals surface area contributed by atoms with E-state index in [-0.39, 0.29) is 48.8 Å². The molecule has 9 nitrogen and oxygen atoms in total. The molecule has 15 heteroatoms. The van der Waals surface area contributed by atoms with Crippen molar-refractivity contribution in [2.45, 2.75) is 58.4 Å². The molecule has 2 fully saturated rings. The first-order valence-electron chi connectivity index (χ1n) is 15.5. The molecule has 2 saturated heterocycles. The van der Waals surface area contributed by atoms with Crippen molar-refractivity contribution < 1.29 is 36.3 Å². The maximum Gasteiger partial charge on any atom is 0.390 e. The minimum atomic E-state index is -4.27. The van der Waals surface area contributed by atoms with Crippen molar-refractivity contribution in [1.29, 1.82) is 0 Å². The zero-order valence-electron chi connectivity index (χ0n) is 26.5. The Morgan fingerprint density at radius 2 is 1.79 bits per heavy atom. The maximum atomic E-state index is 15.2. The SMILES string of the molecule is CC(=O)N1CCN[C@@H](C(=O)NCc2ccc(C(=O)Nc3ccc(Cl)cc3N3CCN(CCC(F)(F)F)[C@@H](CC(C)C)C3)c(F)c2F)C1. The van der Waals surface area contributed by atoms with E-state index in [0.29, 0.717) is 49.9 Å². The van der Waals surface area contributed by atoms with Gasteiger partial charge in [0, 0.05) is 75.9 Å². The molecule has 47 heavy (non-hydrogen) atoms. The van der Waals surface area contributed by atoms with E-state index in [0.717, 1.165) is 6.07 Å². The van der Waals surface area contributed by atoms with Crippen LogP contribution in [0.15, 0.2) is 30.3 Å². The predicted octanol–water partition coefficient (Wildman–Crippen LogP) is 4.80. The number of nitrogens with zero attached hydrogens (tertiary/aromatic N) is 3. The highest BCUT2D eigenvalue weighted by Gasteiger charge is 2.34. The number of amides is 3. The normalized spacial score (nSPS) is 19.2. The van der Waals surface area contributed by atoms with Crippen LogP contribution in [0.3, 0.4) is 0 Å². The number of anilines is 2. The van der Waals surface area contributed by atoms with Gasteiger partial charge in [-0.05, 0) is 36.6 Å². The van der Waals surface area contributed by atoms with Crippen LogP contribution in [0, 0.1) is 17.6 Å². The van der Waals surface area contributed by atoms with Crippen molar-refractivity contribution >= 4 is 40.7 Å². The van der Waals surface area contributed by atoms with Gasteiger partial charge in [-0.15, -0.1) is 0 Å². The summed E-state index contributed by atoms with van der Waals surface area (Å²) in [6.45, 7) is 7.06. The molecular formula is C32H40ClF5N6O3. The Morgan fingerprint density at radius 3 is 2.47 bits per heavy atom. The fraction of sp³-hybridized carbons (Fsp3) is 0.531. The number of piperazine rings is 2. The molecule has 0 spiro atoms.